The van der Waals surface area contributed by atoms with E-state index in [0.717, 1.165) is 6.42 Å². The van der Waals surface area contributed by atoms with E-state index in [-0.39, 0.29) is 36.7 Å². The Morgan fingerprint density at radius 1 is 1.12 bits per heavy atom. The molecule has 4 fully saturated rings. The molecule has 136 valence electrons. The van der Waals surface area contributed by atoms with Crippen LogP contribution in [0.5, 0.6) is 0 Å². The molecule has 0 amide bonds. The molecule has 0 saturated heterocycles. The summed E-state index contributed by atoms with van der Waals surface area (Å²) in [6, 6.07) is 0. The van der Waals surface area contributed by atoms with Crippen molar-refractivity contribution in [2.45, 2.75) is 62.2 Å². The van der Waals surface area contributed by atoms with Gasteiger partial charge in [0.05, 0.1) is 5.60 Å². The van der Waals surface area contributed by atoms with Crippen LogP contribution >= 0.6 is 0 Å². The van der Waals surface area contributed by atoms with Crippen molar-refractivity contribution in [1.29, 1.82) is 0 Å². The van der Waals surface area contributed by atoms with Gasteiger partial charge in [-0.05, 0) is 50.9 Å². The molecule has 4 bridgehead atoms. The van der Waals surface area contributed by atoms with Crippen molar-refractivity contribution >= 4 is 16.1 Å². The first-order chi connectivity index (χ1) is 10.9. The average molecular weight is 368 g/mol. The number of carbonyl (C=O) groups is 1. The van der Waals surface area contributed by atoms with Gasteiger partial charge in [0, 0.05) is 12.0 Å². The second-order valence-electron chi connectivity index (χ2n) is 7.48. The van der Waals surface area contributed by atoms with Crippen molar-refractivity contribution in [2.75, 3.05) is 0 Å². The Kier molecular flexibility index (Phi) is 3.84. The third-order valence-electron chi connectivity index (χ3n) is 5.18. The lowest BCUT2D eigenvalue weighted by molar-refractivity contribution is -0.212. The highest BCUT2D eigenvalue weighted by Gasteiger charge is 2.63. The molecule has 4 aliphatic rings. The SMILES string of the molecule is C=C(C)C(=O)OC12CC3CC(C1)CC(OS(=O)(=O)C(F)(F)F)(C3)C2. The van der Waals surface area contributed by atoms with E-state index in [4.69, 9.17) is 8.92 Å². The third kappa shape index (κ3) is 2.96. The number of carbonyl (C=O) groups excluding carboxylic acids is 1. The van der Waals surface area contributed by atoms with Gasteiger partial charge in [-0.2, -0.15) is 21.6 Å². The van der Waals surface area contributed by atoms with Gasteiger partial charge in [0.25, 0.3) is 0 Å². The molecule has 0 N–H and O–H groups in total. The molecule has 4 aliphatic carbocycles. The average Bonchev–Trinajstić information content (AvgIpc) is 2.32. The maximum atomic E-state index is 12.7. The Hall–Kier alpha value is -1.09. The normalized spacial score (nSPS) is 38.2. The second kappa shape index (κ2) is 5.20. The third-order valence-corrected chi connectivity index (χ3v) is 6.32. The van der Waals surface area contributed by atoms with E-state index in [2.05, 4.69) is 6.58 Å². The molecule has 2 atom stereocenters. The number of halogens is 3. The van der Waals surface area contributed by atoms with Crippen molar-refractivity contribution in [1.82, 2.24) is 0 Å². The molecule has 4 saturated carbocycles. The van der Waals surface area contributed by atoms with Crippen molar-refractivity contribution in [3.05, 3.63) is 12.2 Å². The minimum absolute atomic E-state index is 0.00685. The number of esters is 1. The van der Waals surface area contributed by atoms with Gasteiger partial charge < -0.3 is 4.74 Å². The minimum atomic E-state index is -5.69. The Morgan fingerprint density at radius 2 is 1.62 bits per heavy atom. The lowest BCUT2D eigenvalue weighted by Gasteiger charge is -2.60. The standard InChI is InChI=1S/C15H19F3O5S/c1-9(2)12(19)22-13-4-10-3-11(5-13)7-14(6-10,8-13)23-24(20,21)15(16,17)18/h10-11H,1,3-8H2,2H3. The quantitative estimate of drug-likeness (QED) is 0.330. The fourth-order valence-electron chi connectivity index (χ4n) is 4.88. The van der Waals surface area contributed by atoms with Crippen LogP contribution < -0.4 is 0 Å². The number of alkyl halides is 3. The van der Waals surface area contributed by atoms with E-state index in [1.165, 1.54) is 6.92 Å². The van der Waals surface area contributed by atoms with Crippen molar-refractivity contribution in [2.24, 2.45) is 11.8 Å². The summed E-state index contributed by atoms with van der Waals surface area (Å²) in [5, 5.41) is 0. The number of ether oxygens (including phenoxy) is 1. The predicted molar refractivity (Wildman–Crippen MR) is 77.1 cm³/mol. The molecule has 0 heterocycles. The smallest absolute Gasteiger partial charge is 0.456 e. The summed E-state index contributed by atoms with van der Waals surface area (Å²) in [5.74, 6) is -0.619. The lowest BCUT2D eigenvalue weighted by Crippen LogP contribution is -2.62. The van der Waals surface area contributed by atoms with Gasteiger partial charge in [-0.25, -0.2) is 4.79 Å². The predicted octanol–water partition coefficient (Wildman–Crippen LogP) is 3.06. The largest absolute Gasteiger partial charge is 0.523 e. The monoisotopic (exact) mass is 368 g/mol. The van der Waals surface area contributed by atoms with Crippen LogP contribution in [-0.4, -0.2) is 31.1 Å². The zero-order valence-electron chi connectivity index (χ0n) is 13.2. The maximum absolute atomic E-state index is 12.7. The summed E-state index contributed by atoms with van der Waals surface area (Å²) in [4.78, 5) is 11.9. The van der Waals surface area contributed by atoms with Crippen LogP contribution in [0.15, 0.2) is 12.2 Å². The molecule has 0 aromatic rings. The molecule has 0 aromatic carbocycles. The highest BCUT2D eigenvalue weighted by atomic mass is 32.2. The highest BCUT2D eigenvalue weighted by Crippen LogP contribution is 2.61. The fourth-order valence-corrected chi connectivity index (χ4v) is 5.63. The molecule has 9 heteroatoms. The molecule has 0 spiro atoms. The van der Waals surface area contributed by atoms with Crippen LogP contribution in [0.1, 0.15) is 45.4 Å². The van der Waals surface area contributed by atoms with Crippen LogP contribution in [0.25, 0.3) is 0 Å². The van der Waals surface area contributed by atoms with Crippen LogP contribution in [0, 0.1) is 11.8 Å². The first-order valence-electron chi connectivity index (χ1n) is 7.76. The van der Waals surface area contributed by atoms with E-state index in [1.54, 1.807) is 0 Å². The molecule has 0 radical (unpaired) electrons. The second-order valence-corrected chi connectivity index (χ2v) is 9.02. The van der Waals surface area contributed by atoms with Gasteiger partial charge in [-0.3, -0.25) is 4.18 Å². The van der Waals surface area contributed by atoms with Crippen molar-refractivity contribution < 1.29 is 35.3 Å². The molecule has 0 aromatic heterocycles. The summed E-state index contributed by atoms with van der Waals surface area (Å²) >= 11 is 0. The van der Waals surface area contributed by atoms with Crippen LogP contribution in [0.4, 0.5) is 13.2 Å². The first-order valence-corrected chi connectivity index (χ1v) is 9.17. The molecule has 4 rings (SSSR count). The van der Waals surface area contributed by atoms with Crippen molar-refractivity contribution in [3.63, 3.8) is 0 Å². The number of hydrogen-bond donors (Lipinski definition) is 0. The summed E-state index contributed by atoms with van der Waals surface area (Å²) in [6.45, 7) is 5.00. The Balaban J connectivity index is 1.88. The highest BCUT2D eigenvalue weighted by molar-refractivity contribution is 7.87. The zero-order chi connectivity index (χ0) is 18.0. The van der Waals surface area contributed by atoms with E-state index in [1.807, 2.05) is 0 Å². The fraction of sp³-hybridized carbons (Fsp3) is 0.800. The molecular formula is C15H19F3O5S. The van der Waals surface area contributed by atoms with Crippen LogP contribution in [-0.2, 0) is 23.8 Å². The molecule has 0 aliphatic heterocycles. The van der Waals surface area contributed by atoms with Crippen LogP contribution in [0.3, 0.4) is 0 Å². The summed E-state index contributed by atoms with van der Waals surface area (Å²) in [5.41, 5.74) is -7.66. The molecular weight excluding hydrogens is 349 g/mol. The first kappa shape index (κ1) is 17.7. The van der Waals surface area contributed by atoms with E-state index >= 15 is 0 Å². The number of rotatable bonds is 4. The molecule has 5 nitrogen and oxygen atoms in total. The Labute approximate surface area is 138 Å². The lowest BCUT2D eigenvalue weighted by atomic mass is 9.52. The summed E-state index contributed by atoms with van der Waals surface area (Å²) in [7, 11) is -5.69. The maximum Gasteiger partial charge on any atom is 0.523 e. The van der Waals surface area contributed by atoms with Gasteiger partial charge >= 0.3 is 21.6 Å². The van der Waals surface area contributed by atoms with Gasteiger partial charge in [-0.1, -0.05) is 6.58 Å². The van der Waals surface area contributed by atoms with Gasteiger partial charge in [0.2, 0.25) is 0 Å². The molecule has 24 heavy (non-hydrogen) atoms. The minimum Gasteiger partial charge on any atom is -0.456 e. The van der Waals surface area contributed by atoms with Gasteiger partial charge in [0.15, 0.2) is 0 Å². The summed E-state index contributed by atoms with van der Waals surface area (Å²) in [6.07, 6.45) is 2.31. The van der Waals surface area contributed by atoms with E-state index in [0.29, 0.717) is 12.8 Å². The Morgan fingerprint density at radius 3 is 2.08 bits per heavy atom. The van der Waals surface area contributed by atoms with E-state index in [9.17, 15) is 26.4 Å². The van der Waals surface area contributed by atoms with Gasteiger partial charge in [-0.15, -0.1) is 0 Å². The van der Waals surface area contributed by atoms with Crippen molar-refractivity contribution in [3.8, 4) is 0 Å². The van der Waals surface area contributed by atoms with E-state index < -0.39 is 32.8 Å². The number of hydrogen-bond acceptors (Lipinski definition) is 5. The van der Waals surface area contributed by atoms with Gasteiger partial charge in [0.1, 0.15) is 5.60 Å². The topological polar surface area (TPSA) is 69.7 Å². The van der Waals surface area contributed by atoms with Crippen LogP contribution in [0.2, 0.25) is 0 Å². The molecule has 2 unspecified atom stereocenters. The zero-order valence-corrected chi connectivity index (χ0v) is 14.0. The Bertz CT molecular complexity index is 668. The summed E-state index contributed by atoms with van der Waals surface area (Å²) < 4.78 is 71.4.